The van der Waals surface area contributed by atoms with Gasteiger partial charge in [-0.05, 0) is 30.7 Å². The Morgan fingerprint density at radius 1 is 1.35 bits per heavy atom. The van der Waals surface area contributed by atoms with Gasteiger partial charge in [-0.25, -0.2) is 0 Å². The molecule has 7 nitrogen and oxygen atoms in total. The number of rotatable bonds is 4. The lowest BCUT2D eigenvalue weighted by Crippen LogP contribution is -2.45. The molecule has 2 aromatic rings. The SMILES string of the molecule is C=C/C(=N\N=C(/C)N1CCNCC1)c1ccc(-c2cn[nH]c2F)cc1O. The second kappa shape index (κ2) is 7.92. The van der Waals surface area contributed by atoms with Crippen molar-refractivity contribution in [1.29, 1.82) is 0 Å². The minimum Gasteiger partial charge on any atom is -0.507 e. The van der Waals surface area contributed by atoms with E-state index in [1.54, 1.807) is 12.1 Å². The van der Waals surface area contributed by atoms with E-state index in [1.165, 1.54) is 18.3 Å². The first-order chi connectivity index (χ1) is 12.6. The standard InChI is InChI=1S/C18H21FN6O/c1-3-16(23-22-12(2)25-8-6-20-7-9-25)14-5-4-13(10-17(14)26)15-11-21-24-18(15)19/h3-5,10-11,20,26H,1,6-9H2,2H3,(H,21,24)/b22-12+,23-16+. The maximum atomic E-state index is 13.6. The first-order valence-electron chi connectivity index (χ1n) is 8.33. The second-order valence-electron chi connectivity index (χ2n) is 5.90. The van der Waals surface area contributed by atoms with Crippen molar-refractivity contribution in [2.24, 2.45) is 10.2 Å². The molecule has 26 heavy (non-hydrogen) atoms. The Hall–Kier alpha value is -3.00. The normalized spacial score (nSPS) is 16.0. The van der Waals surface area contributed by atoms with Gasteiger partial charge in [-0.15, -0.1) is 10.2 Å². The van der Waals surface area contributed by atoms with Crippen LogP contribution >= 0.6 is 0 Å². The van der Waals surface area contributed by atoms with Crippen molar-refractivity contribution in [3.8, 4) is 16.9 Å². The first-order valence-corrected chi connectivity index (χ1v) is 8.33. The largest absolute Gasteiger partial charge is 0.507 e. The fourth-order valence-electron chi connectivity index (χ4n) is 2.77. The third kappa shape index (κ3) is 3.80. The molecule has 0 amide bonds. The monoisotopic (exact) mass is 356 g/mol. The molecule has 0 bridgehead atoms. The number of H-pyrrole nitrogens is 1. The maximum absolute atomic E-state index is 13.6. The number of aromatic nitrogens is 2. The Kier molecular flexibility index (Phi) is 5.43. The van der Waals surface area contributed by atoms with E-state index in [1.807, 2.05) is 6.92 Å². The summed E-state index contributed by atoms with van der Waals surface area (Å²) in [5, 5.41) is 28.0. The number of piperazine rings is 1. The summed E-state index contributed by atoms with van der Waals surface area (Å²) in [6.07, 6.45) is 2.90. The fraction of sp³-hybridized carbons (Fsp3) is 0.278. The summed E-state index contributed by atoms with van der Waals surface area (Å²) in [6.45, 7) is 9.24. The lowest BCUT2D eigenvalue weighted by molar-refractivity contribution is 0.355. The van der Waals surface area contributed by atoms with Gasteiger partial charge in [-0.2, -0.15) is 9.49 Å². The molecule has 8 heteroatoms. The zero-order valence-electron chi connectivity index (χ0n) is 14.5. The summed E-state index contributed by atoms with van der Waals surface area (Å²) in [4.78, 5) is 2.14. The molecule has 0 saturated carbocycles. The average Bonchev–Trinajstić information content (AvgIpc) is 3.09. The minimum atomic E-state index is -0.550. The van der Waals surface area contributed by atoms with Crippen molar-refractivity contribution in [3.05, 3.63) is 48.6 Å². The van der Waals surface area contributed by atoms with Crippen LogP contribution in [-0.2, 0) is 0 Å². The van der Waals surface area contributed by atoms with Gasteiger partial charge < -0.3 is 15.3 Å². The molecule has 1 aliphatic rings. The van der Waals surface area contributed by atoms with Crippen LogP contribution in [0.4, 0.5) is 4.39 Å². The summed E-state index contributed by atoms with van der Waals surface area (Å²) in [7, 11) is 0. The zero-order chi connectivity index (χ0) is 18.5. The molecule has 0 aliphatic carbocycles. The Balaban J connectivity index is 1.85. The topological polar surface area (TPSA) is 88.9 Å². The number of phenols is 1. The minimum absolute atomic E-state index is 0.0308. The Labute approximate surface area is 151 Å². The number of hydrogen-bond acceptors (Lipinski definition) is 5. The number of hydrogen-bond donors (Lipinski definition) is 3. The zero-order valence-corrected chi connectivity index (χ0v) is 14.5. The molecule has 1 aromatic heterocycles. The highest BCUT2D eigenvalue weighted by atomic mass is 19.1. The highest BCUT2D eigenvalue weighted by molar-refractivity contribution is 6.10. The molecule has 3 rings (SSSR count). The number of halogens is 1. The fourth-order valence-corrected chi connectivity index (χ4v) is 2.77. The highest BCUT2D eigenvalue weighted by Crippen LogP contribution is 2.28. The van der Waals surface area contributed by atoms with Gasteiger partial charge >= 0.3 is 0 Å². The predicted molar refractivity (Wildman–Crippen MR) is 99.9 cm³/mol. The van der Waals surface area contributed by atoms with Crippen LogP contribution in [0.3, 0.4) is 0 Å². The van der Waals surface area contributed by atoms with Crippen LogP contribution in [0, 0.1) is 5.95 Å². The smallest absolute Gasteiger partial charge is 0.216 e. The van der Waals surface area contributed by atoms with Crippen LogP contribution < -0.4 is 5.32 Å². The lowest BCUT2D eigenvalue weighted by atomic mass is 10.0. The van der Waals surface area contributed by atoms with Crippen LogP contribution in [-0.4, -0.2) is 57.9 Å². The van der Waals surface area contributed by atoms with E-state index in [2.05, 4.69) is 37.2 Å². The molecule has 2 heterocycles. The van der Waals surface area contributed by atoms with Crippen molar-refractivity contribution in [1.82, 2.24) is 20.4 Å². The molecule has 1 aromatic carbocycles. The van der Waals surface area contributed by atoms with E-state index in [-0.39, 0.29) is 11.3 Å². The van der Waals surface area contributed by atoms with Crippen molar-refractivity contribution in [2.75, 3.05) is 26.2 Å². The summed E-state index contributed by atoms with van der Waals surface area (Å²) < 4.78 is 13.6. The second-order valence-corrected chi connectivity index (χ2v) is 5.90. The number of aromatic amines is 1. The quantitative estimate of drug-likeness (QED) is 0.445. The number of nitrogens with one attached hydrogen (secondary N) is 2. The van der Waals surface area contributed by atoms with Crippen LogP contribution in [0.15, 0.2) is 47.3 Å². The lowest BCUT2D eigenvalue weighted by Gasteiger charge is -2.28. The average molecular weight is 356 g/mol. The van der Waals surface area contributed by atoms with Gasteiger partial charge in [-0.1, -0.05) is 12.6 Å². The Morgan fingerprint density at radius 3 is 2.73 bits per heavy atom. The number of allylic oxidation sites excluding steroid dienone is 1. The van der Waals surface area contributed by atoms with Crippen molar-refractivity contribution < 1.29 is 9.50 Å². The van der Waals surface area contributed by atoms with E-state index in [0.29, 0.717) is 16.8 Å². The van der Waals surface area contributed by atoms with Gasteiger partial charge in [0, 0.05) is 31.7 Å². The summed E-state index contributed by atoms with van der Waals surface area (Å²) in [5.41, 5.74) is 1.72. The van der Waals surface area contributed by atoms with E-state index in [4.69, 9.17) is 0 Å². The van der Waals surface area contributed by atoms with E-state index in [0.717, 1.165) is 32.0 Å². The Morgan fingerprint density at radius 2 is 2.12 bits per heavy atom. The van der Waals surface area contributed by atoms with E-state index < -0.39 is 5.95 Å². The van der Waals surface area contributed by atoms with Gasteiger partial charge in [0.2, 0.25) is 5.95 Å². The molecule has 1 fully saturated rings. The van der Waals surface area contributed by atoms with Crippen molar-refractivity contribution in [2.45, 2.75) is 6.92 Å². The van der Waals surface area contributed by atoms with Crippen molar-refractivity contribution in [3.63, 3.8) is 0 Å². The van der Waals surface area contributed by atoms with Crippen LogP contribution in [0.2, 0.25) is 0 Å². The summed E-state index contributed by atoms with van der Waals surface area (Å²) >= 11 is 0. The molecular formula is C18H21FN6O. The number of benzene rings is 1. The number of nitrogens with zero attached hydrogens (tertiary/aromatic N) is 4. The third-order valence-electron chi connectivity index (χ3n) is 4.25. The van der Waals surface area contributed by atoms with Gasteiger partial charge in [0.25, 0.3) is 0 Å². The van der Waals surface area contributed by atoms with Gasteiger partial charge in [-0.3, -0.25) is 5.10 Å². The third-order valence-corrected chi connectivity index (χ3v) is 4.25. The highest BCUT2D eigenvalue weighted by Gasteiger charge is 2.13. The van der Waals surface area contributed by atoms with E-state index >= 15 is 0 Å². The molecule has 0 spiro atoms. The van der Waals surface area contributed by atoms with Gasteiger partial charge in [0.15, 0.2) is 0 Å². The Bertz CT molecular complexity index is 851. The molecule has 0 atom stereocenters. The maximum Gasteiger partial charge on any atom is 0.216 e. The number of phenolic OH excluding ortho intramolecular Hbond substituents is 1. The number of amidine groups is 1. The predicted octanol–water partition coefficient (Wildman–Crippen LogP) is 2.14. The molecule has 0 unspecified atom stereocenters. The summed E-state index contributed by atoms with van der Waals surface area (Å²) in [6, 6.07) is 4.82. The van der Waals surface area contributed by atoms with Crippen LogP contribution in [0.1, 0.15) is 12.5 Å². The number of aromatic hydroxyl groups is 1. The van der Waals surface area contributed by atoms with Crippen LogP contribution in [0.25, 0.3) is 11.1 Å². The molecule has 3 N–H and O–H groups in total. The molecule has 0 radical (unpaired) electrons. The molecule has 1 aliphatic heterocycles. The van der Waals surface area contributed by atoms with Gasteiger partial charge in [0.05, 0.1) is 17.5 Å². The summed E-state index contributed by atoms with van der Waals surface area (Å²) in [5.74, 6) is 0.227. The van der Waals surface area contributed by atoms with Crippen LogP contribution in [0.5, 0.6) is 5.75 Å². The molecular weight excluding hydrogens is 335 g/mol. The molecule has 136 valence electrons. The molecule has 1 saturated heterocycles. The van der Waals surface area contributed by atoms with Crippen molar-refractivity contribution >= 4 is 11.5 Å². The van der Waals surface area contributed by atoms with E-state index in [9.17, 15) is 9.50 Å². The first kappa shape index (κ1) is 17.8. The van der Waals surface area contributed by atoms with Gasteiger partial charge in [0.1, 0.15) is 11.6 Å².